The van der Waals surface area contributed by atoms with E-state index in [4.69, 9.17) is 5.73 Å². The summed E-state index contributed by atoms with van der Waals surface area (Å²) in [5.74, 6) is 0.723. The molecule has 0 spiro atoms. The van der Waals surface area contributed by atoms with Gasteiger partial charge in [0.1, 0.15) is 0 Å². The minimum absolute atomic E-state index is 0.316. The first-order valence-electron chi connectivity index (χ1n) is 8.06. The number of fused-ring (bicyclic) bond motifs is 1. The lowest BCUT2D eigenvalue weighted by Crippen LogP contribution is -2.49. The second kappa shape index (κ2) is 5.16. The Balaban J connectivity index is 1.92. The summed E-state index contributed by atoms with van der Waals surface area (Å²) in [7, 11) is 0. The van der Waals surface area contributed by atoms with Gasteiger partial charge in [0.25, 0.3) is 0 Å². The van der Waals surface area contributed by atoms with Gasteiger partial charge < -0.3 is 5.73 Å². The van der Waals surface area contributed by atoms with Crippen LogP contribution < -0.4 is 5.73 Å². The Morgan fingerprint density at radius 2 is 1.95 bits per heavy atom. The largest absolute Gasteiger partial charge is 0.327 e. The number of nitrogens with two attached hydrogens (primary N) is 1. The van der Waals surface area contributed by atoms with Crippen molar-refractivity contribution < 1.29 is 0 Å². The number of nitrogens with zero attached hydrogens (tertiary/aromatic N) is 1. The van der Waals surface area contributed by atoms with Crippen molar-refractivity contribution >= 4 is 0 Å². The van der Waals surface area contributed by atoms with Crippen LogP contribution in [0, 0.1) is 5.92 Å². The highest BCUT2D eigenvalue weighted by Gasteiger charge is 2.36. The van der Waals surface area contributed by atoms with Gasteiger partial charge in [-0.15, -0.1) is 0 Å². The van der Waals surface area contributed by atoms with Crippen molar-refractivity contribution in [1.82, 2.24) is 4.90 Å². The molecule has 3 atom stereocenters. The van der Waals surface area contributed by atoms with Gasteiger partial charge in [-0.3, -0.25) is 4.90 Å². The number of hydrogen-bond acceptors (Lipinski definition) is 2. The minimum atomic E-state index is 0.316. The highest BCUT2D eigenvalue weighted by Crippen LogP contribution is 2.44. The average molecular weight is 272 g/mol. The van der Waals surface area contributed by atoms with Crippen LogP contribution in [0.25, 0.3) is 0 Å². The van der Waals surface area contributed by atoms with Crippen molar-refractivity contribution in [2.75, 3.05) is 13.1 Å². The molecule has 1 aromatic rings. The SMILES string of the molecule is CC1CC(N)CN(C2CCC(C)(C)c3ccccc32)C1. The van der Waals surface area contributed by atoms with Crippen LogP contribution in [0.15, 0.2) is 24.3 Å². The third kappa shape index (κ3) is 2.51. The third-order valence-electron chi connectivity index (χ3n) is 5.25. The zero-order valence-corrected chi connectivity index (χ0v) is 13.1. The van der Waals surface area contributed by atoms with Crippen LogP contribution >= 0.6 is 0 Å². The normalized spacial score (nSPS) is 33.7. The highest BCUT2D eigenvalue weighted by molar-refractivity contribution is 5.38. The lowest BCUT2D eigenvalue weighted by Gasteiger charge is -2.45. The van der Waals surface area contributed by atoms with E-state index < -0.39 is 0 Å². The Morgan fingerprint density at radius 1 is 1.20 bits per heavy atom. The minimum Gasteiger partial charge on any atom is -0.327 e. The van der Waals surface area contributed by atoms with Gasteiger partial charge in [-0.25, -0.2) is 0 Å². The molecule has 3 unspecified atom stereocenters. The predicted molar refractivity (Wildman–Crippen MR) is 84.8 cm³/mol. The van der Waals surface area contributed by atoms with E-state index in [1.807, 2.05) is 0 Å². The third-order valence-corrected chi connectivity index (χ3v) is 5.25. The molecule has 1 aliphatic carbocycles. The van der Waals surface area contributed by atoms with Crippen LogP contribution in [0.5, 0.6) is 0 Å². The molecule has 1 heterocycles. The van der Waals surface area contributed by atoms with Crippen LogP contribution in [0.3, 0.4) is 0 Å². The van der Waals surface area contributed by atoms with Gasteiger partial charge in [0.15, 0.2) is 0 Å². The molecule has 110 valence electrons. The summed E-state index contributed by atoms with van der Waals surface area (Å²) in [6.45, 7) is 9.36. The van der Waals surface area contributed by atoms with Crippen LogP contribution in [-0.2, 0) is 5.41 Å². The molecule has 0 aromatic heterocycles. The Hall–Kier alpha value is -0.860. The second-order valence-corrected chi connectivity index (χ2v) is 7.58. The molecule has 1 aliphatic heterocycles. The van der Waals surface area contributed by atoms with E-state index >= 15 is 0 Å². The average Bonchev–Trinajstić information content (AvgIpc) is 2.38. The maximum Gasteiger partial charge on any atom is 0.0352 e. The molecule has 2 aliphatic rings. The standard InChI is InChI=1S/C18H28N2/c1-13-10-14(19)12-20(11-13)17-8-9-18(2,3)16-7-5-4-6-15(16)17/h4-7,13-14,17H,8-12,19H2,1-3H3. The fourth-order valence-corrected chi connectivity index (χ4v) is 4.27. The van der Waals surface area contributed by atoms with Crippen LogP contribution in [0.2, 0.25) is 0 Å². The van der Waals surface area contributed by atoms with Gasteiger partial charge in [0, 0.05) is 25.2 Å². The topological polar surface area (TPSA) is 29.3 Å². The maximum absolute atomic E-state index is 6.25. The summed E-state index contributed by atoms with van der Waals surface area (Å²) in [4.78, 5) is 2.65. The van der Waals surface area contributed by atoms with E-state index in [1.165, 1.54) is 25.8 Å². The summed E-state index contributed by atoms with van der Waals surface area (Å²) in [6, 6.07) is 9.98. The zero-order chi connectivity index (χ0) is 14.3. The molecule has 0 bridgehead atoms. The number of piperidine rings is 1. The quantitative estimate of drug-likeness (QED) is 0.848. The van der Waals surface area contributed by atoms with E-state index in [0.29, 0.717) is 17.5 Å². The fourth-order valence-electron chi connectivity index (χ4n) is 4.27. The molecule has 0 saturated carbocycles. The highest BCUT2D eigenvalue weighted by atomic mass is 15.2. The van der Waals surface area contributed by atoms with Crippen LogP contribution in [-0.4, -0.2) is 24.0 Å². The first-order valence-corrected chi connectivity index (χ1v) is 8.06. The molecule has 1 saturated heterocycles. The summed E-state index contributed by atoms with van der Waals surface area (Å²) >= 11 is 0. The maximum atomic E-state index is 6.25. The number of hydrogen-bond donors (Lipinski definition) is 1. The molecule has 0 amide bonds. The monoisotopic (exact) mass is 272 g/mol. The van der Waals surface area contributed by atoms with Crippen molar-refractivity contribution in [2.24, 2.45) is 11.7 Å². The molecule has 2 nitrogen and oxygen atoms in total. The summed E-state index contributed by atoms with van der Waals surface area (Å²) in [5, 5.41) is 0. The smallest absolute Gasteiger partial charge is 0.0352 e. The van der Waals surface area contributed by atoms with Gasteiger partial charge in [-0.05, 0) is 41.7 Å². The van der Waals surface area contributed by atoms with Gasteiger partial charge in [-0.1, -0.05) is 45.0 Å². The summed E-state index contributed by atoms with van der Waals surface area (Å²) in [5.41, 5.74) is 9.66. The van der Waals surface area contributed by atoms with E-state index in [2.05, 4.69) is 49.9 Å². The zero-order valence-electron chi connectivity index (χ0n) is 13.1. The summed E-state index contributed by atoms with van der Waals surface area (Å²) < 4.78 is 0. The molecule has 3 rings (SSSR count). The molecule has 2 heteroatoms. The van der Waals surface area contributed by atoms with E-state index in [0.717, 1.165) is 12.5 Å². The summed E-state index contributed by atoms with van der Waals surface area (Å²) in [6.07, 6.45) is 3.72. The van der Waals surface area contributed by atoms with Gasteiger partial charge >= 0.3 is 0 Å². The molecule has 2 N–H and O–H groups in total. The predicted octanol–water partition coefficient (Wildman–Crippen LogP) is 3.47. The molecular formula is C18H28N2. The molecule has 20 heavy (non-hydrogen) atoms. The van der Waals surface area contributed by atoms with E-state index in [9.17, 15) is 0 Å². The van der Waals surface area contributed by atoms with Crippen molar-refractivity contribution in [3.63, 3.8) is 0 Å². The van der Waals surface area contributed by atoms with Gasteiger partial charge in [0.2, 0.25) is 0 Å². The van der Waals surface area contributed by atoms with Crippen molar-refractivity contribution in [3.05, 3.63) is 35.4 Å². The van der Waals surface area contributed by atoms with E-state index in [-0.39, 0.29) is 0 Å². The lowest BCUT2D eigenvalue weighted by molar-refractivity contribution is 0.0975. The Kier molecular flexibility index (Phi) is 3.64. The van der Waals surface area contributed by atoms with Gasteiger partial charge in [0.05, 0.1) is 0 Å². The van der Waals surface area contributed by atoms with Crippen molar-refractivity contribution in [2.45, 2.75) is 57.5 Å². The Bertz CT molecular complexity index is 470. The van der Waals surface area contributed by atoms with Crippen molar-refractivity contribution in [1.29, 1.82) is 0 Å². The second-order valence-electron chi connectivity index (χ2n) is 7.58. The Labute approximate surface area is 123 Å². The number of likely N-dealkylation sites (tertiary alicyclic amines) is 1. The molecule has 0 radical (unpaired) electrons. The first kappa shape index (κ1) is 14.1. The Morgan fingerprint density at radius 3 is 2.70 bits per heavy atom. The number of rotatable bonds is 1. The fraction of sp³-hybridized carbons (Fsp3) is 0.667. The molecular weight excluding hydrogens is 244 g/mol. The van der Waals surface area contributed by atoms with Crippen LogP contribution in [0.1, 0.15) is 57.2 Å². The van der Waals surface area contributed by atoms with E-state index in [1.54, 1.807) is 11.1 Å². The lowest BCUT2D eigenvalue weighted by atomic mass is 9.70. The number of benzene rings is 1. The van der Waals surface area contributed by atoms with Gasteiger partial charge in [-0.2, -0.15) is 0 Å². The van der Waals surface area contributed by atoms with Crippen molar-refractivity contribution in [3.8, 4) is 0 Å². The first-order chi connectivity index (χ1) is 9.47. The molecule has 1 aromatic carbocycles. The van der Waals surface area contributed by atoms with Crippen LogP contribution in [0.4, 0.5) is 0 Å². The molecule has 1 fully saturated rings.